The zero-order chi connectivity index (χ0) is 24.4. The van der Waals surface area contributed by atoms with Gasteiger partial charge in [0.2, 0.25) is 5.78 Å². The van der Waals surface area contributed by atoms with Crippen LogP contribution < -0.4 is 5.73 Å². The van der Waals surface area contributed by atoms with Gasteiger partial charge in [-0.15, -0.1) is 0 Å². The van der Waals surface area contributed by atoms with Gasteiger partial charge in [0.05, 0.1) is 17.1 Å². The summed E-state index contributed by atoms with van der Waals surface area (Å²) in [4.78, 5) is 50.6. The fourth-order valence-electron chi connectivity index (χ4n) is 4.94. The second-order valence-electron chi connectivity index (χ2n) is 8.19. The molecule has 6 N–H and O–H groups in total. The van der Waals surface area contributed by atoms with E-state index in [1.54, 1.807) is 0 Å². The second kappa shape index (κ2) is 7.31. The maximum absolute atomic E-state index is 13.4. The third-order valence-electron chi connectivity index (χ3n) is 6.50. The van der Waals surface area contributed by atoms with E-state index in [2.05, 4.69) is 6.58 Å². The molecule has 4 rings (SSSR count). The number of ether oxygens (including phenoxy) is 1. The Morgan fingerprint density at radius 2 is 1.91 bits per heavy atom. The number of Topliss-reactive ketones (excluding diaryl/α,β-unsaturated/α-hetero) is 2. The van der Waals surface area contributed by atoms with Crippen LogP contribution in [0.1, 0.15) is 35.7 Å². The van der Waals surface area contributed by atoms with Gasteiger partial charge in [0.1, 0.15) is 28.9 Å². The van der Waals surface area contributed by atoms with Crippen LogP contribution >= 0.6 is 0 Å². The van der Waals surface area contributed by atoms with Gasteiger partial charge in [-0.2, -0.15) is 0 Å². The lowest BCUT2D eigenvalue weighted by molar-refractivity contribution is -0.171. The number of nitrogens with two attached hydrogens (primary N) is 1. The standard InChI is InChI=1S/C23H21NO9/c1-3-13(27)33-19-10-7-12(26)16(22(24)31)20(29)23(10,32)21(30)17-14(19)8(2)9-5-4-6-11(25)15(9)18(17)28/h4-6,10,14,19,25-26,30,32H,2-3,7H2,1H3,(H2,24,31)/t10-,14-,19-,23-/m1/s1. The number of aliphatic hydroxyl groups excluding tert-OH is 2. The van der Waals surface area contributed by atoms with E-state index in [1.807, 2.05) is 0 Å². The first kappa shape index (κ1) is 22.3. The molecule has 4 atom stereocenters. The van der Waals surface area contributed by atoms with Gasteiger partial charge >= 0.3 is 5.97 Å². The van der Waals surface area contributed by atoms with Gasteiger partial charge in [-0.3, -0.25) is 19.2 Å². The topological polar surface area (TPSA) is 184 Å². The number of amides is 1. The van der Waals surface area contributed by atoms with Crippen molar-refractivity contribution < 1.29 is 44.3 Å². The number of phenols is 1. The molecule has 0 saturated carbocycles. The average Bonchev–Trinajstić information content (AvgIpc) is 2.75. The van der Waals surface area contributed by atoms with Crippen molar-refractivity contribution in [3.8, 4) is 5.75 Å². The summed E-state index contributed by atoms with van der Waals surface area (Å²) < 4.78 is 5.53. The molecular weight excluding hydrogens is 434 g/mol. The molecule has 0 bridgehead atoms. The minimum atomic E-state index is -2.89. The lowest BCUT2D eigenvalue weighted by atomic mass is 9.57. The Balaban J connectivity index is 2.04. The molecule has 3 aliphatic rings. The quantitative estimate of drug-likeness (QED) is 0.327. The summed E-state index contributed by atoms with van der Waals surface area (Å²) in [7, 11) is 0. The van der Waals surface area contributed by atoms with Crippen LogP contribution in [0.2, 0.25) is 0 Å². The number of esters is 1. The molecule has 10 heteroatoms. The highest BCUT2D eigenvalue weighted by Crippen LogP contribution is 2.55. The number of carbonyl (C=O) groups is 4. The summed E-state index contributed by atoms with van der Waals surface area (Å²) >= 11 is 0. The van der Waals surface area contributed by atoms with Crippen molar-refractivity contribution in [2.75, 3.05) is 0 Å². The van der Waals surface area contributed by atoms with E-state index in [0.717, 1.165) is 0 Å². The van der Waals surface area contributed by atoms with E-state index in [-0.39, 0.29) is 23.1 Å². The number of benzene rings is 1. The minimum absolute atomic E-state index is 0.0838. The maximum Gasteiger partial charge on any atom is 0.305 e. The Hall–Kier alpha value is -3.92. The molecule has 0 aromatic heterocycles. The van der Waals surface area contributed by atoms with Crippen LogP contribution in [0.15, 0.2) is 47.4 Å². The lowest BCUT2D eigenvalue weighted by Gasteiger charge is -2.49. The first-order chi connectivity index (χ1) is 15.5. The highest BCUT2D eigenvalue weighted by molar-refractivity contribution is 6.25. The first-order valence-corrected chi connectivity index (χ1v) is 10.1. The first-order valence-electron chi connectivity index (χ1n) is 10.1. The number of carbonyl (C=O) groups excluding carboxylic acids is 4. The van der Waals surface area contributed by atoms with Crippen molar-refractivity contribution in [2.24, 2.45) is 17.6 Å². The molecule has 10 nitrogen and oxygen atoms in total. The SMILES string of the molecule is C=C1c2cccc(O)c2C(=O)C2=C(O)[C@]3(O)C(=O)C(C(N)=O)=C(O)C[C@@H]3[C@@H](OC(=O)CC)[C@H]12. The zero-order valence-electron chi connectivity index (χ0n) is 17.5. The molecule has 3 aliphatic carbocycles. The van der Waals surface area contributed by atoms with E-state index in [4.69, 9.17) is 10.5 Å². The van der Waals surface area contributed by atoms with Crippen molar-refractivity contribution in [2.45, 2.75) is 31.5 Å². The second-order valence-corrected chi connectivity index (χ2v) is 8.19. The lowest BCUT2D eigenvalue weighted by Crippen LogP contribution is -2.62. The van der Waals surface area contributed by atoms with Crippen molar-refractivity contribution in [3.05, 3.63) is 58.6 Å². The number of fused-ring (bicyclic) bond motifs is 3. The molecule has 1 amide bonds. The molecule has 0 aliphatic heterocycles. The Morgan fingerprint density at radius 3 is 2.52 bits per heavy atom. The van der Waals surface area contributed by atoms with Gasteiger partial charge in [-0.25, -0.2) is 0 Å². The fraction of sp³-hybridized carbons (Fsp3) is 0.304. The summed E-state index contributed by atoms with van der Waals surface area (Å²) in [6.45, 7) is 5.47. The average molecular weight is 455 g/mol. The molecule has 0 unspecified atom stereocenters. The van der Waals surface area contributed by atoms with Crippen molar-refractivity contribution in [1.82, 2.24) is 0 Å². The molecule has 0 radical (unpaired) electrons. The third-order valence-corrected chi connectivity index (χ3v) is 6.50. The largest absolute Gasteiger partial charge is 0.511 e. The number of aliphatic hydroxyl groups is 3. The Bertz CT molecular complexity index is 1220. The van der Waals surface area contributed by atoms with Crippen LogP contribution in [0.5, 0.6) is 5.75 Å². The molecule has 0 heterocycles. The van der Waals surface area contributed by atoms with E-state index < -0.39 is 81.8 Å². The molecule has 0 fully saturated rings. The Kier molecular flexibility index (Phi) is 4.93. The number of phenolic OH excluding ortho intramolecular Hbond substituents is 1. The number of aromatic hydroxyl groups is 1. The Morgan fingerprint density at radius 1 is 1.24 bits per heavy atom. The molecule has 1 aromatic rings. The zero-order valence-corrected chi connectivity index (χ0v) is 17.5. The maximum atomic E-state index is 13.4. The number of ketones is 2. The molecular formula is C23H21NO9. The minimum Gasteiger partial charge on any atom is -0.511 e. The van der Waals surface area contributed by atoms with Gasteiger partial charge in [-0.1, -0.05) is 25.6 Å². The predicted molar refractivity (Wildman–Crippen MR) is 112 cm³/mol. The number of hydrogen-bond donors (Lipinski definition) is 5. The molecule has 172 valence electrons. The molecule has 0 saturated heterocycles. The highest BCUT2D eigenvalue weighted by Gasteiger charge is 2.65. The summed E-state index contributed by atoms with van der Waals surface area (Å²) in [5, 5.41) is 43.2. The van der Waals surface area contributed by atoms with Crippen LogP contribution in [0.3, 0.4) is 0 Å². The normalized spacial score (nSPS) is 28.8. The van der Waals surface area contributed by atoms with Crippen LogP contribution in [0, 0.1) is 11.8 Å². The summed E-state index contributed by atoms with van der Waals surface area (Å²) in [5.41, 5.74) is 1.09. The highest BCUT2D eigenvalue weighted by atomic mass is 16.5. The van der Waals surface area contributed by atoms with E-state index >= 15 is 0 Å². The third kappa shape index (κ3) is 2.83. The molecule has 0 spiro atoms. The van der Waals surface area contributed by atoms with E-state index in [9.17, 15) is 39.6 Å². The summed E-state index contributed by atoms with van der Waals surface area (Å²) in [6, 6.07) is 4.23. The van der Waals surface area contributed by atoms with E-state index in [1.165, 1.54) is 25.1 Å². The van der Waals surface area contributed by atoms with Gasteiger partial charge in [-0.05, 0) is 17.2 Å². The van der Waals surface area contributed by atoms with Crippen molar-refractivity contribution in [3.63, 3.8) is 0 Å². The predicted octanol–water partition coefficient (Wildman–Crippen LogP) is 0.983. The van der Waals surface area contributed by atoms with Gasteiger partial charge < -0.3 is 30.9 Å². The number of hydrogen-bond acceptors (Lipinski definition) is 9. The van der Waals surface area contributed by atoms with Gasteiger partial charge in [0.25, 0.3) is 5.91 Å². The number of primary amides is 1. The fourth-order valence-corrected chi connectivity index (χ4v) is 4.94. The van der Waals surface area contributed by atoms with Crippen LogP contribution in [-0.2, 0) is 19.1 Å². The van der Waals surface area contributed by atoms with Gasteiger partial charge in [0, 0.05) is 18.8 Å². The monoisotopic (exact) mass is 455 g/mol. The number of rotatable bonds is 3. The Labute approximate surface area is 187 Å². The van der Waals surface area contributed by atoms with Crippen LogP contribution in [0.4, 0.5) is 0 Å². The van der Waals surface area contributed by atoms with Crippen LogP contribution in [-0.4, -0.2) is 55.6 Å². The van der Waals surface area contributed by atoms with Crippen molar-refractivity contribution >= 4 is 29.0 Å². The molecule has 33 heavy (non-hydrogen) atoms. The molecule has 1 aromatic carbocycles. The smallest absolute Gasteiger partial charge is 0.305 e. The number of allylic oxidation sites excluding steroid dienone is 1. The van der Waals surface area contributed by atoms with Crippen LogP contribution in [0.25, 0.3) is 5.57 Å². The summed E-state index contributed by atoms with van der Waals surface area (Å²) in [6.07, 6.45) is -2.05. The van der Waals surface area contributed by atoms with Gasteiger partial charge in [0.15, 0.2) is 11.4 Å². The van der Waals surface area contributed by atoms with E-state index in [0.29, 0.717) is 0 Å². The van der Waals surface area contributed by atoms with Crippen molar-refractivity contribution in [1.29, 1.82) is 0 Å². The summed E-state index contributed by atoms with van der Waals surface area (Å²) in [5.74, 6) is -9.28.